The molecule has 1 aliphatic rings. The van der Waals surface area contributed by atoms with E-state index in [1.54, 1.807) is 35.6 Å². The molecular weight excluding hydrogens is 498 g/mol. The molecule has 9 heteroatoms. The Morgan fingerprint density at radius 1 is 1.23 bits per heavy atom. The Bertz CT molecular complexity index is 1190. The van der Waals surface area contributed by atoms with E-state index < -0.39 is 15.9 Å². The van der Waals surface area contributed by atoms with Crippen molar-refractivity contribution in [2.75, 3.05) is 18.4 Å². The number of piperidine rings is 1. The lowest BCUT2D eigenvalue weighted by Gasteiger charge is -2.31. The molecule has 1 N–H and O–H groups in total. The Morgan fingerprint density at radius 2 is 2.00 bits per heavy atom. The highest BCUT2D eigenvalue weighted by molar-refractivity contribution is 9.10. The van der Waals surface area contributed by atoms with Gasteiger partial charge in [-0.25, -0.2) is 13.4 Å². The summed E-state index contributed by atoms with van der Waals surface area (Å²) in [4.78, 5) is 17.7. The number of rotatable bonds is 5. The first-order chi connectivity index (χ1) is 14.8. The molecule has 1 fully saturated rings. The second-order valence-electron chi connectivity index (χ2n) is 7.48. The largest absolute Gasteiger partial charge is 0.326 e. The van der Waals surface area contributed by atoms with Gasteiger partial charge >= 0.3 is 0 Å². The Balaban J connectivity index is 1.46. The fourth-order valence-electron chi connectivity index (χ4n) is 3.63. The first kappa shape index (κ1) is 22.1. The van der Waals surface area contributed by atoms with Crippen LogP contribution in [0.15, 0.2) is 63.3 Å². The number of aryl methyl sites for hydroxylation is 1. The summed E-state index contributed by atoms with van der Waals surface area (Å²) in [6.45, 7) is 2.55. The van der Waals surface area contributed by atoms with Crippen LogP contribution in [0.1, 0.15) is 17.8 Å². The average molecular weight is 520 g/mol. The van der Waals surface area contributed by atoms with Gasteiger partial charge in [-0.3, -0.25) is 4.79 Å². The fraction of sp³-hybridized carbons (Fsp3) is 0.273. The van der Waals surface area contributed by atoms with Crippen LogP contribution in [-0.4, -0.2) is 36.7 Å². The number of benzene rings is 2. The van der Waals surface area contributed by atoms with Crippen molar-refractivity contribution in [1.29, 1.82) is 0 Å². The maximum absolute atomic E-state index is 13.0. The minimum absolute atomic E-state index is 0.165. The van der Waals surface area contributed by atoms with Gasteiger partial charge in [0.25, 0.3) is 0 Å². The van der Waals surface area contributed by atoms with Gasteiger partial charge < -0.3 is 5.32 Å². The van der Waals surface area contributed by atoms with E-state index in [0.29, 0.717) is 25.1 Å². The number of carbonyl (C=O) groups excluding carboxylic acids is 1. The van der Waals surface area contributed by atoms with Gasteiger partial charge in [-0.05, 0) is 56.2 Å². The minimum atomic E-state index is -3.63. The van der Waals surface area contributed by atoms with Crippen LogP contribution >= 0.6 is 27.3 Å². The van der Waals surface area contributed by atoms with Gasteiger partial charge in [0.2, 0.25) is 15.9 Å². The maximum Gasteiger partial charge on any atom is 0.243 e. The molecule has 162 valence electrons. The lowest BCUT2D eigenvalue weighted by molar-refractivity contribution is -0.120. The molecule has 1 aromatic heterocycles. The standard InChI is InChI=1S/C22H22BrN3O3S2/c1-15-24-21(14-30-15)16-4-2-6-19(12-16)25-22(27)17-5-3-11-26(13-17)31(28,29)20-9-7-18(23)8-10-20/h2,4,6-10,12,14,17H,3,5,11,13H2,1H3,(H,25,27)/t17-/m1/s1. The van der Waals surface area contributed by atoms with E-state index in [9.17, 15) is 13.2 Å². The molecule has 2 aromatic carbocycles. The Kier molecular flexibility index (Phi) is 6.57. The molecule has 31 heavy (non-hydrogen) atoms. The number of anilines is 1. The number of amides is 1. The molecule has 1 aliphatic heterocycles. The topological polar surface area (TPSA) is 79.4 Å². The molecule has 1 saturated heterocycles. The van der Waals surface area contributed by atoms with Gasteiger partial charge in [0.05, 0.1) is 21.5 Å². The summed E-state index contributed by atoms with van der Waals surface area (Å²) in [6, 6.07) is 14.1. The number of aromatic nitrogens is 1. The molecule has 0 bridgehead atoms. The molecular formula is C22H22BrN3O3S2. The van der Waals surface area contributed by atoms with Crippen molar-refractivity contribution < 1.29 is 13.2 Å². The van der Waals surface area contributed by atoms with Crippen molar-refractivity contribution in [2.45, 2.75) is 24.7 Å². The number of thiazole rings is 1. The Hall–Kier alpha value is -2.07. The molecule has 0 aliphatic carbocycles. The molecule has 0 spiro atoms. The van der Waals surface area contributed by atoms with Crippen molar-refractivity contribution >= 4 is 48.9 Å². The zero-order valence-electron chi connectivity index (χ0n) is 16.9. The van der Waals surface area contributed by atoms with E-state index in [1.807, 2.05) is 36.6 Å². The molecule has 0 radical (unpaired) electrons. The van der Waals surface area contributed by atoms with Gasteiger partial charge in [0, 0.05) is 34.2 Å². The third-order valence-electron chi connectivity index (χ3n) is 5.25. The first-order valence-electron chi connectivity index (χ1n) is 9.92. The smallest absolute Gasteiger partial charge is 0.243 e. The summed E-state index contributed by atoms with van der Waals surface area (Å²) >= 11 is 4.90. The fourth-order valence-corrected chi connectivity index (χ4v) is 6.04. The van der Waals surface area contributed by atoms with Crippen molar-refractivity contribution in [3.05, 3.63) is 63.4 Å². The highest BCUT2D eigenvalue weighted by Gasteiger charge is 2.33. The van der Waals surface area contributed by atoms with E-state index >= 15 is 0 Å². The number of carbonyl (C=O) groups is 1. The van der Waals surface area contributed by atoms with Gasteiger partial charge in [0.1, 0.15) is 0 Å². The number of sulfonamides is 1. The lowest BCUT2D eigenvalue weighted by atomic mass is 9.98. The normalized spacial score (nSPS) is 17.4. The lowest BCUT2D eigenvalue weighted by Crippen LogP contribution is -2.43. The highest BCUT2D eigenvalue weighted by atomic mass is 79.9. The van der Waals surface area contributed by atoms with E-state index in [0.717, 1.165) is 20.7 Å². The van der Waals surface area contributed by atoms with E-state index in [2.05, 4.69) is 26.2 Å². The molecule has 2 heterocycles. The van der Waals surface area contributed by atoms with Gasteiger partial charge in [0.15, 0.2) is 0 Å². The van der Waals surface area contributed by atoms with Crippen molar-refractivity contribution in [3.8, 4) is 11.3 Å². The zero-order chi connectivity index (χ0) is 22.0. The molecule has 1 amide bonds. The SMILES string of the molecule is Cc1nc(-c2cccc(NC(=O)[C@@H]3CCCN(S(=O)(=O)c4ccc(Br)cc4)C3)c2)cs1. The minimum Gasteiger partial charge on any atom is -0.326 e. The summed E-state index contributed by atoms with van der Waals surface area (Å²) in [5.74, 6) is -0.563. The number of halogens is 1. The third-order valence-corrected chi connectivity index (χ3v) is 8.43. The summed E-state index contributed by atoms with van der Waals surface area (Å²) in [5.41, 5.74) is 2.49. The molecule has 4 rings (SSSR count). The third kappa shape index (κ3) is 5.06. The van der Waals surface area contributed by atoms with Crippen LogP contribution in [0.3, 0.4) is 0 Å². The van der Waals surface area contributed by atoms with Crippen LogP contribution in [0.2, 0.25) is 0 Å². The summed E-state index contributed by atoms with van der Waals surface area (Å²) in [6.07, 6.45) is 1.30. The predicted octanol–water partition coefficient (Wildman–Crippen LogP) is 4.92. The van der Waals surface area contributed by atoms with Gasteiger partial charge in [-0.1, -0.05) is 28.1 Å². The number of hydrogen-bond donors (Lipinski definition) is 1. The second kappa shape index (κ2) is 9.20. The second-order valence-corrected chi connectivity index (χ2v) is 11.4. The van der Waals surface area contributed by atoms with Crippen LogP contribution in [0.5, 0.6) is 0 Å². The van der Waals surface area contributed by atoms with Crippen LogP contribution in [0, 0.1) is 12.8 Å². The van der Waals surface area contributed by atoms with Crippen LogP contribution in [0.4, 0.5) is 5.69 Å². The van der Waals surface area contributed by atoms with Crippen LogP contribution in [-0.2, 0) is 14.8 Å². The van der Waals surface area contributed by atoms with E-state index in [4.69, 9.17) is 0 Å². The van der Waals surface area contributed by atoms with Crippen LogP contribution < -0.4 is 5.32 Å². The summed E-state index contributed by atoms with van der Waals surface area (Å²) in [7, 11) is -3.63. The molecule has 0 saturated carbocycles. The van der Waals surface area contributed by atoms with Crippen molar-refractivity contribution in [2.24, 2.45) is 5.92 Å². The van der Waals surface area contributed by atoms with Crippen molar-refractivity contribution in [3.63, 3.8) is 0 Å². The Labute approximate surface area is 194 Å². The molecule has 0 unspecified atom stereocenters. The first-order valence-corrected chi connectivity index (χ1v) is 13.0. The van der Waals surface area contributed by atoms with Gasteiger partial charge in [-0.15, -0.1) is 11.3 Å². The van der Waals surface area contributed by atoms with Crippen molar-refractivity contribution in [1.82, 2.24) is 9.29 Å². The van der Waals surface area contributed by atoms with Crippen LogP contribution in [0.25, 0.3) is 11.3 Å². The van der Waals surface area contributed by atoms with E-state index in [1.165, 1.54) is 4.31 Å². The monoisotopic (exact) mass is 519 g/mol. The maximum atomic E-state index is 13.0. The Morgan fingerprint density at radius 3 is 2.71 bits per heavy atom. The number of hydrogen-bond acceptors (Lipinski definition) is 5. The average Bonchev–Trinajstić information content (AvgIpc) is 3.21. The molecule has 1 atom stereocenters. The predicted molar refractivity (Wildman–Crippen MR) is 127 cm³/mol. The zero-order valence-corrected chi connectivity index (χ0v) is 20.1. The molecule has 3 aromatic rings. The summed E-state index contributed by atoms with van der Waals surface area (Å²) < 4.78 is 28.2. The number of nitrogens with zero attached hydrogens (tertiary/aromatic N) is 2. The summed E-state index contributed by atoms with van der Waals surface area (Å²) in [5, 5.41) is 5.93. The number of nitrogens with one attached hydrogen (secondary N) is 1. The van der Waals surface area contributed by atoms with Gasteiger partial charge in [-0.2, -0.15) is 4.31 Å². The molecule has 6 nitrogen and oxygen atoms in total. The van der Waals surface area contributed by atoms with E-state index in [-0.39, 0.29) is 17.3 Å². The quantitative estimate of drug-likeness (QED) is 0.518. The highest BCUT2D eigenvalue weighted by Crippen LogP contribution is 2.27.